The summed E-state index contributed by atoms with van der Waals surface area (Å²) in [5.41, 5.74) is 2.93. The summed E-state index contributed by atoms with van der Waals surface area (Å²) in [6.07, 6.45) is 5.43. The molecule has 2 aliphatic rings. The molecule has 74 valence electrons. The normalized spacial score (nSPS) is 19.4. The van der Waals surface area contributed by atoms with Gasteiger partial charge in [0.05, 0.1) is 0 Å². The molecule has 0 unspecified atom stereocenters. The predicted molar refractivity (Wildman–Crippen MR) is 51.1 cm³/mol. The van der Waals surface area contributed by atoms with E-state index in [2.05, 4.69) is 15.5 Å². The Morgan fingerprint density at radius 2 is 2.29 bits per heavy atom. The van der Waals surface area contributed by atoms with Crippen LogP contribution in [0.1, 0.15) is 41.0 Å². The van der Waals surface area contributed by atoms with Crippen molar-refractivity contribution in [2.24, 2.45) is 0 Å². The quantitative estimate of drug-likeness (QED) is 0.726. The summed E-state index contributed by atoms with van der Waals surface area (Å²) in [5.74, 6) is 0.00639. The molecular formula is C10H13N3O. The first-order valence-electron chi connectivity index (χ1n) is 5.21. The number of aromatic amines is 1. The van der Waals surface area contributed by atoms with Gasteiger partial charge in [-0.25, -0.2) is 0 Å². The van der Waals surface area contributed by atoms with Crippen LogP contribution < -0.4 is 5.32 Å². The maximum Gasteiger partial charge on any atom is 0.272 e. The Labute approximate surface area is 82.1 Å². The van der Waals surface area contributed by atoms with E-state index in [1.54, 1.807) is 0 Å². The van der Waals surface area contributed by atoms with E-state index in [0.717, 1.165) is 43.4 Å². The molecule has 2 N–H and O–H groups in total. The topological polar surface area (TPSA) is 57.8 Å². The van der Waals surface area contributed by atoms with E-state index in [9.17, 15) is 4.79 Å². The molecule has 0 saturated heterocycles. The van der Waals surface area contributed by atoms with Gasteiger partial charge in [-0.15, -0.1) is 0 Å². The van der Waals surface area contributed by atoms with E-state index in [1.807, 2.05) is 0 Å². The predicted octanol–water partition coefficient (Wildman–Crippen LogP) is 0.791. The minimum absolute atomic E-state index is 0.00639. The van der Waals surface area contributed by atoms with Gasteiger partial charge in [0.25, 0.3) is 5.91 Å². The van der Waals surface area contributed by atoms with Crippen molar-refractivity contribution in [1.82, 2.24) is 15.5 Å². The first kappa shape index (κ1) is 8.03. The number of carbonyl (C=O) groups excluding carboxylic acids is 1. The van der Waals surface area contributed by atoms with Crippen LogP contribution in [0.4, 0.5) is 0 Å². The van der Waals surface area contributed by atoms with Gasteiger partial charge in [-0.05, 0) is 32.1 Å². The highest BCUT2D eigenvalue weighted by atomic mass is 16.2. The van der Waals surface area contributed by atoms with Crippen molar-refractivity contribution in [3.63, 3.8) is 0 Å². The van der Waals surface area contributed by atoms with Gasteiger partial charge in [0.2, 0.25) is 0 Å². The number of nitrogens with zero attached hydrogens (tertiary/aromatic N) is 1. The van der Waals surface area contributed by atoms with E-state index in [0.29, 0.717) is 11.7 Å². The van der Waals surface area contributed by atoms with Crippen molar-refractivity contribution in [3.8, 4) is 0 Å². The molecule has 4 nitrogen and oxygen atoms in total. The summed E-state index contributed by atoms with van der Waals surface area (Å²) >= 11 is 0. The molecule has 0 bridgehead atoms. The van der Waals surface area contributed by atoms with Gasteiger partial charge < -0.3 is 5.32 Å². The molecule has 14 heavy (non-hydrogen) atoms. The molecule has 1 amide bonds. The van der Waals surface area contributed by atoms with Crippen molar-refractivity contribution in [1.29, 1.82) is 0 Å². The standard InChI is InChI=1S/C10H13N3O/c14-10(11-6-4-5-6)9-7-2-1-3-8(7)12-13-9/h6H,1-5H2,(H,11,14)(H,12,13). The van der Waals surface area contributed by atoms with Crippen LogP contribution in [0.5, 0.6) is 0 Å². The Balaban J connectivity index is 1.84. The molecule has 4 heteroatoms. The zero-order valence-corrected chi connectivity index (χ0v) is 7.97. The third kappa shape index (κ3) is 1.22. The second-order valence-electron chi connectivity index (χ2n) is 4.13. The number of rotatable bonds is 2. The molecular weight excluding hydrogens is 178 g/mol. The van der Waals surface area contributed by atoms with Gasteiger partial charge in [0, 0.05) is 17.3 Å². The van der Waals surface area contributed by atoms with Gasteiger partial charge in [-0.3, -0.25) is 9.89 Å². The van der Waals surface area contributed by atoms with Crippen LogP contribution in [-0.4, -0.2) is 22.1 Å². The number of nitrogens with one attached hydrogen (secondary N) is 2. The highest BCUT2D eigenvalue weighted by Crippen LogP contribution is 2.24. The maximum atomic E-state index is 11.7. The fourth-order valence-corrected chi connectivity index (χ4v) is 1.99. The smallest absolute Gasteiger partial charge is 0.272 e. The van der Waals surface area contributed by atoms with Crippen molar-refractivity contribution in [2.45, 2.75) is 38.1 Å². The molecule has 1 aromatic heterocycles. The highest BCUT2D eigenvalue weighted by molar-refractivity contribution is 5.94. The van der Waals surface area contributed by atoms with Gasteiger partial charge in [0.1, 0.15) is 0 Å². The summed E-state index contributed by atoms with van der Waals surface area (Å²) in [4.78, 5) is 11.7. The number of aryl methyl sites for hydroxylation is 1. The van der Waals surface area contributed by atoms with E-state index in [4.69, 9.17) is 0 Å². The minimum Gasteiger partial charge on any atom is -0.348 e. The number of hydrogen-bond acceptors (Lipinski definition) is 2. The second-order valence-corrected chi connectivity index (χ2v) is 4.13. The zero-order chi connectivity index (χ0) is 9.54. The van der Waals surface area contributed by atoms with Crippen molar-refractivity contribution in [3.05, 3.63) is 17.0 Å². The van der Waals surface area contributed by atoms with Gasteiger partial charge in [0.15, 0.2) is 5.69 Å². The van der Waals surface area contributed by atoms with Crippen LogP contribution in [0.2, 0.25) is 0 Å². The first-order valence-corrected chi connectivity index (χ1v) is 5.21. The molecule has 0 aromatic carbocycles. The largest absolute Gasteiger partial charge is 0.348 e. The van der Waals surface area contributed by atoms with E-state index < -0.39 is 0 Å². The van der Waals surface area contributed by atoms with E-state index in [1.165, 1.54) is 0 Å². The third-order valence-electron chi connectivity index (χ3n) is 2.93. The van der Waals surface area contributed by atoms with E-state index >= 15 is 0 Å². The zero-order valence-electron chi connectivity index (χ0n) is 7.97. The Kier molecular flexibility index (Phi) is 1.63. The Bertz CT molecular complexity index is 379. The highest BCUT2D eigenvalue weighted by Gasteiger charge is 2.28. The van der Waals surface area contributed by atoms with Crippen molar-refractivity contribution in [2.75, 3.05) is 0 Å². The Morgan fingerprint density at radius 3 is 3.07 bits per heavy atom. The molecule has 2 aliphatic carbocycles. The molecule has 0 radical (unpaired) electrons. The molecule has 1 saturated carbocycles. The number of hydrogen-bond donors (Lipinski definition) is 2. The van der Waals surface area contributed by atoms with Crippen LogP contribution >= 0.6 is 0 Å². The summed E-state index contributed by atoms with van der Waals surface area (Å²) < 4.78 is 0. The van der Waals surface area contributed by atoms with Crippen LogP contribution in [0.15, 0.2) is 0 Å². The fourth-order valence-electron chi connectivity index (χ4n) is 1.99. The molecule has 0 aliphatic heterocycles. The number of amides is 1. The van der Waals surface area contributed by atoms with Gasteiger partial charge in [-0.2, -0.15) is 5.10 Å². The lowest BCUT2D eigenvalue weighted by Gasteiger charge is -2.00. The summed E-state index contributed by atoms with van der Waals surface area (Å²) in [7, 11) is 0. The lowest BCUT2D eigenvalue weighted by Crippen LogP contribution is -2.26. The number of H-pyrrole nitrogens is 1. The average molecular weight is 191 g/mol. The number of aromatic nitrogens is 2. The lowest BCUT2D eigenvalue weighted by atomic mass is 10.2. The SMILES string of the molecule is O=C(NC1CC1)c1n[nH]c2c1CCC2. The molecule has 1 aromatic rings. The molecule has 0 atom stereocenters. The molecule has 3 rings (SSSR count). The Hall–Kier alpha value is -1.32. The monoisotopic (exact) mass is 191 g/mol. The Morgan fingerprint density at radius 1 is 1.43 bits per heavy atom. The first-order chi connectivity index (χ1) is 6.84. The molecule has 1 fully saturated rings. The van der Waals surface area contributed by atoms with Crippen molar-refractivity contribution < 1.29 is 4.79 Å². The van der Waals surface area contributed by atoms with E-state index in [-0.39, 0.29) is 5.91 Å². The lowest BCUT2D eigenvalue weighted by molar-refractivity contribution is 0.0945. The van der Waals surface area contributed by atoms with Crippen LogP contribution in [0.25, 0.3) is 0 Å². The number of carbonyl (C=O) groups is 1. The molecule has 1 heterocycles. The van der Waals surface area contributed by atoms with Gasteiger partial charge >= 0.3 is 0 Å². The number of fused-ring (bicyclic) bond motifs is 1. The maximum absolute atomic E-state index is 11.7. The van der Waals surface area contributed by atoms with Gasteiger partial charge in [-0.1, -0.05) is 0 Å². The average Bonchev–Trinajstić information content (AvgIpc) is 2.72. The summed E-state index contributed by atoms with van der Waals surface area (Å²) in [5, 5.41) is 10.00. The van der Waals surface area contributed by atoms with Crippen LogP contribution in [-0.2, 0) is 12.8 Å². The molecule has 0 spiro atoms. The van der Waals surface area contributed by atoms with Crippen LogP contribution in [0, 0.1) is 0 Å². The minimum atomic E-state index is 0.00639. The van der Waals surface area contributed by atoms with Crippen LogP contribution in [0.3, 0.4) is 0 Å². The fraction of sp³-hybridized carbons (Fsp3) is 0.600. The summed E-state index contributed by atoms with van der Waals surface area (Å²) in [6, 6.07) is 0.413. The third-order valence-corrected chi connectivity index (χ3v) is 2.93. The van der Waals surface area contributed by atoms with Crippen molar-refractivity contribution >= 4 is 5.91 Å². The summed E-state index contributed by atoms with van der Waals surface area (Å²) in [6.45, 7) is 0. The second kappa shape index (κ2) is 2.83.